The van der Waals surface area contributed by atoms with Crippen LogP contribution in [0.4, 0.5) is 0 Å². The van der Waals surface area contributed by atoms with Crippen molar-refractivity contribution >= 4 is 27.5 Å². The van der Waals surface area contributed by atoms with Crippen molar-refractivity contribution in [3.63, 3.8) is 0 Å². The lowest BCUT2D eigenvalue weighted by atomic mass is 10.3. The van der Waals surface area contributed by atoms with Crippen LogP contribution in [0, 0.1) is 6.92 Å². The molecule has 0 aromatic carbocycles. The van der Waals surface area contributed by atoms with Crippen LogP contribution < -0.4 is 0 Å². The molecule has 0 radical (unpaired) electrons. The molecule has 3 heteroatoms. The van der Waals surface area contributed by atoms with Gasteiger partial charge in [0.1, 0.15) is 5.76 Å². The molecule has 9 heavy (non-hydrogen) atoms. The summed E-state index contributed by atoms with van der Waals surface area (Å²) in [6, 6.07) is 1.88. The van der Waals surface area contributed by atoms with Gasteiger partial charge in [-0.25, -0.2) is 0 Å². The van der Waals surface area contributed by atoms with Crippen LogP contribution >= 0.6 is 27.5 Å². The van der Waals surface area contributed by atoms with Gasteiger partial charge in [-0.15, -0.1) is 11.6 Å². The molecule has 0 bridgehead atoms. The normalized spacial score (nSPS) is 10.1. The summed E-state index contributed by atoms with van der Waals surface area (Å²) in [5.74, 6) is 1.40. The molecule has 0 saturated heterocycles. The van der Waals surface area contributed by atoms with E-state index in [1.54, 1.807) is 0 Å². The van der Waals surface area contributed by atoms with E-state index in [0.29, 0.717) is 5.88 Å². The highest BCUT2D eigenvalue weighted by atomic mass is 79.9. The van der Waals surface area contributed by atoms with E-state index in [1.807, 2.05) is 13.0 Å². The van der Waals surface area contributed by atoms with Gasteiger partial charge in [-0.2, -0.15) is 0 Å². The highest BCUT2D eigenvalue weighted by Crippen LogP contribution is 2.20. The Hall–Kier alpha value is 0.0500. The summed E-state index contributed by atoms with van der Waals surface area (Å²) in [5, 5.41) is 0. The summed E-state index contributed by atoms with van der Waals surface area (Å²) < 4.78 is 5.88. The minimum absolute atomic E-state index is 0.515. The van der Waals surface area contributed by atoms with Crippen molar-refractivity contribution < 1.29 is 4.42 Å². The first-order valence-corrected chi connectivity index (χ1v) is 3.87. The van der Waals surface area contributed by atoms with E-state index >= 15 is 0 Å². The molecule has 0 amide bonds. The molecular weight excluding hydrogens is 203 g/mol. The minimum Gasteiger partial charge on any atom is -0.454 e. The first-order valence-electron chi connectivity index (χ1n) is 2.55. The third-order valence-electron chi connectivity index (χ3n) is 1.13. The van der Waals surface area contributed by atoms with Gasteiger partial charge < -0.3 is 4.42 Å². The zero-order valence-electron chi connectivity index (χ0n) is 4.95. The topological polar surface area (TPSA) is 13.1 Å². The van der Waals surface area contributed by atoms with E-state index in [2.05, 4.69) is 15.9 Å². The number of hydrogen-bond acceptors (Lipinski definition) is 1. The smallest absolute Gasteiger partial charge is 0.169 e. The van der Waals surface area contributed by atoms with Gasteiger partial charge in [-0.3, -0.25) is 0 Å². The zero-order valence-corrected chi connectivity index (χ0v) is 7.29. The predicted molar refractivity (Wildman–Crippen MR) is 40.7 cm³/mol. The van der Waals surface area contributed by atoms with Crippen molar-refractivity contribution in [2.45, 2.75) is 12.8 Å². The Morgan fingerprint density at radius 3 is 2.67 bits per heavy atom. The highest BCUT2D eigenvalue weighted by Gasteiger charge is 2.01. The third kappa shape index (κ3) is 1.49. The van der Waals surface area contributed by atoms with Crippen molar-refractivity contribution in [1.29, 1.82) is 0 Å². The summed E-state index contributed by atoms with van der Waals surface area (Å²) in [6.07, 6.45) is 0. The maximum absolute atomic E-state index is 5.56. The van der Waals surface area contributed by atoms with Crippen LogP contribution in [-0.2, 0) is 5.88 Å². The van der Waals surface area contributed by atoms with Gasteiger partial charge in [0.25, 0.3) is 0 Å². The minimum atomic E-state index is 0.515. The van der Waals surface area contributed by atoms with Gasteiger partial charge in [0.15, 0.2) is 4.67 Å². The molecule has 0 aliphatic carbocycles. The predicted octanol–water partition coefficient (Wildman–Crippen LogP) is 3.09. The van der Waals surface area contributed by atoms with Gasteiger partial charge in [-0.05, 0) is 28.9 Å². The quantitative estimate of drug-likeness (QED) is 0.648. The van der Waals surface area contributed by atoms with Gasteiger partial charge in [0.2, 0.25) is 0 Å². The van der Waals surface area contributed by atoms with Crippen LogP contribution in [0.2, 0.25) is 0 Å². The number of aryl methyl sites for hydroxylation is 1. The first kappa shape index (κ1) is 7.16. The van der Waals surface area contributed by atoms with Gasteiger partial charge >= 0.3 is 0 Å². The molecule has 0 aliphatic heterocycles. The van der Waals surface area contributed by atoms with E-state index in [-0.39, 0.29) is 0 Å². The van der Waals surface area contributed by atoms with Crippen molar-refractivity contribution in [1.82, 2.24) is 0 Å². The molecule has 0 saturated carbocycles. The van der Waals surface area contributed by atoms with Gasteiger partial charge in [-0.1, -0.05) is 0 Å². The number of hydrogen-bond donors (Lipinski definition) is 0. The summed E-state index contributed by atoms with van der Waals surface area (Å²) in [5.41, 5.74) is 1.04. The van der Waals surface area contributed by atoms with Crippen LogP contribution in [0.25, 0.3) is 0 Å². The standard InChI is InChI=1S/C6H6BrClO/c1-4-5(3-8)2-6(7)9-4/h2H,3H2,1H3. The number of rotatable bonds is 1. The molecule has 1 rings (SSSR count). The molecule has 0 unspecified atom stereocenters. The van der Waals surface area contributed by atoms with Gasteiger partial charge in [0.05, 0.1) is 5.88 Å². The molecule has 50 valence electrons. The SMILES string of the molecule is Cc1oc(Br)cc1CCl. The second-order valence-corrected chi connectivity index (χ2v) is 2.81. The number of furan rings is 1. The van der Waals surface area contributed by atoms with Crippen molar-refractivity contribution in [3.05, 3.63) is 22.1 Å². The van der Waals surface area contributed by atoms with Crippen molar-refractivity contribution in [3.8, 4) is 0 Å². The van der Waals surface area contributed by atoms with Gasteiger partial charge in [0, 0.05) is 5.56 Å². The fourth-order valence-electron chi connectivity index (χ4n) is 0.613. The molecule has 0 N–H and O–H groups in total. The summed E-state index contributed by atoms with van der Waals surface area (Å²) in [4.78, 5) is 0. The summed E-state index contributed by atoms with van der Waals surface area (Å²) in [6.45, 7) is 1.89. The highest BCUT2D eigenvalue weighted by molar-refractivity contribution is 9.10. The van der Waals surface area contributed by atoms with E-state index in [0.717, 1.165) is 16.0 Å². The zero-order chi connectivity index (χ0) is 6.85. The van der Waals surface area contributed by atoms with E-state index < -0.39 is 0 Å². The summed E-state index contributed by atoms with van der Waals surface area (Å²) in [7, 11) is 0. The van der Waals surface area contributed by atoms with E-state index in [4.69, 9.17) is 16.0 Å². The molecule has 1 heterocycles. The maximum Gasteiger partial charge on any atom is 0.169 e. The van der Waals surface area contributed by atoms with Crippen LogP contribution in [0.5, 0.6) is 0 Å². The largest absolute Gasteiger partial charge is 0.454 e. The second kappa shape index (κ2) is 2.76. The van der Waals surface area contributed by atoms with Crippen LogP contribution in [0.3, 0.4) is 0 Å². The molecule has 0 spiro atoms. The Bertz CT molecular complexity index is 207. The number of alkyl halides is 1. The van der Waals surface area contributed by atoms with Crippen LogP contribution in [0.1, 0.15) is 11.3 Å². The Morgan fingerprint density at radius 2 is 2.44 bits per heavy atom. The fraction of sp³-hybridized carbons (Fsp3) is 0.333. The van der Waals surface area contributed by atoms with E-state index in [9.17, 15) is 0 Å². The molecular formula is C6H6BrClO. The monoisotopic (exact) mass is 208 g/mol. The average molecular weight is 209 g/mol. The van der Waals surface area contributed by atoms with Crippen molar-refractivity contribution in [2.75, 3.05) is 0 Å². The number of halogens is 2. The first-order chi connectivity index (χ1) is 4.24. The lowest BCUT2D eigenvalue weighted by molar-refractivity contribution is 0.508. The second-order valence-electron chi connectivity index (χ2n) is 1.77. The van der Waals surface area contributed by atoms with E-state index in [1.165, 1.54) is 0 Å². The lowest BCUT2D eigenvalue weighted by Crippen LogP contribution is -1.72. The molecule has 1 aromatic heterocycles. The lowest BCUT2D eigenvalue weighted by Gasteiger charge is -1.84. The maximum atomic E-state index is 5.56. The molecule has 1 nitrogen and oxygen atoms in total. The Labute approximate surface area is 67.1 Å². The third-order valence-corrected chi connectivity index (χ3v) is 1.81. The molecule has 0 atom stereocenters. The Kier molecular flexibility index (Phi) is 2.19. The summed E-state index contributed by atoms with van der Waals surface area (Å²) >= 11 is 8.76. The Morgan fingerprint density at radius 1 is 1.78 bits per heavy atom. The van der Waals surface area contributed by atoms with Crippen molar-refractivity contribution in [2.24, 2.45) is 0 Å². The fourth-order valence-corrected chi connectivity index (χ4v) is 1.40. The molecule has 0 fully saturated rings. The molecule has 1 aromatic rings. The Balaban J connectivity index is 3.01. The van der Waals surface area contributed by atoms with Crippen LogP contribution in [0.15, 0.2) is 15.2 Å². The van der Waals surface area contributed by atoms with Crippen LogP contribution in [-0.4, -0.2) is 0 Å². The average Bonchev–Trinajstić information content (AvgIpc) is 2.10. The molecule has 0 aliphatic rings.